The first-order chi connectivity index (χ1) is 12.6. The zero-order chi connectivity index (χ0) is 18.5. The average Bonchev–Trinajstić information content (AvgIpc) is 3.00. The molecule has 0 N–H and O–H groups in total. The van der Waals surface area contributed by atoms with Crippen LogP contribution in [0.4, 0.5) is 0 Å². The Kier molecular flexibility index (Phi) is 5.51. The highest BCUT2D eigenvalue weighted by atomic mass is 16.2. The van der Waals surface area contributed by atoms with E-state index in [9.17, 15) is 14.4 Å². The molecule has 1 saturated heterocycles. The lowest BCUT2D eigenvalue weighted by molar-refractivity contribution is -0.149. The Labute approximate surface area is 152 Å². The summed E-state index contributed by atoms with van der Waals surface area (Å²) in [6, 6.07) is 7.89. The SMILES string of the molecule is CCc1ccnc(-c2cc(CCCC(=O)N3C(=O)CCC3=O)ccn2)c1. The monoisotopic (exact) mass is 351 g/mol. The Hall–Kier alpha value is -2.89. The van der Waals surface area contributed by atoms with Crippen LogP contribution in [0.3, 0.4) is 0 Å². The minimum absolute atomic E-state index is 0.141. The smallest absolute Gasteiger partial charge is 0.236 e. The number of hydrogen-bond donors (Lipinski definition) is 0. The molecule has 134 valence electrons. The number of nitrogens with zero attached hydrogens (tertiary/aromatic N) is 3. The van der Waals surface area contributed by atoms with Gasteiger partial charge in [0.1, 0.15) is 0 Å². The lowest BCUT2D eigenvalue weighted by Crippen LogP contribution is -2.35. The molecule has 0 bridgehead atoms. The van der Waals surface area contributed by atoms with Crippen LogP contribution in [0.5, 0.6) is 0 Å². The number of carbonyl (C=O) groups excluding carboxylic acids is 3. The number of hydrogen-bond acceptors (Lipinski definition) is 5. The highest BCUT2D eigenvalue weighted by Crippen LogP contribution is 2.19. The second-order valence-electron chi connectivity index (χ2n) is 6.32. The van der Waals surface area contributed by atoms with E-state index in [4.69, 9.17) is 0 Å². The van der Waals surface area contributed by atoms with Crippen LogP contribution in [0.15, 0.2) is 36.7 Å². The summed E-state index contributed by atoms with van der Waals surface area (Å²) in [5.41, 5.74) is 3.88. The molecule has 6 nitrogen and oxygen atoms in total. The Bertz CT molecular complexity index is 832. The molecule has 2 aromatic rings. The van der Waals surface area contributed by atoms with E-state index in [0.717, 1.165) is 28.3 Å². The molecule has 0 radical (unpaired) electrons. The van der Waals surface area contributed by atoms with Gasteiger partial charge < -0.3 is 0 Å². The predicted molar refractivity (Wildman–Crippen MR) is 95.9 cm³/mol. The first kappa shape index (κ1) is 17.9. The standard InChI is InChI=1S/C20H21N3O3/c1-2-14-8-10-21-16(12-14)17-13-15(9-11-22-17)4-3-5-18(24)23-19(25)6-7-20(23)26/h8-13H,2-7H2,1H3. The summed E-state index contributed by atoms with van der Waals surface area (Å²) in [5.74, 6) is -1.16. The summed E-state index contributed by atoms with van der Waals surface area (Å²) in [6.45, 7) is 2.09. The van der Waals surface area contributed by atoms with Crippen molar-refractivity contribution in [1.29, 1.82) is 0 Å². The predicted octanol–water partition coefficient (Wildman–Crippen LogP) is 2.70. The third-order valence-corrected chi connectivity index (χ3v) is 4.48. The lowest BCUT2D eigenvalue weighted by atomic mass is 10.1. The molecule has 2 aromatic heterocycles. The van der Waals surface area contributed by atoms with Crippen LogP contribution in [0, 0.1) is 0 Å². The van der Waals surface area contributed by atoms with Gasteiger partial charge in [-0.05, 0) is 54.7 Å². The second-order valence-corrected chi connectivity index (χ2v) is 6.32. The third-order valence-electron chi connectivity index (χ3n) is 4.48. The number of carbonyl (C=O) groups is 3. The van der Waals surface area contributed by atoms with Gasteiger partial charge in [-0.2, -0.15) is 0 Å². The maximum atomic E-state index is 12.1. The molecule has 1 fully saturated rings. The van der Waals surface area contributed by atoms with Crippen LogP contribution in [-0.4, -0.2) is 32.6 Å². The topological polar surface area (TPSA) is 80.2 Å². The Morgan fingerprint density at radius 1 is 1.00 bits per heavy atom. The average molecular weight is 351 g/mol. The van der Waals surface area contributed by atoms with E-state index in [1.807, 2.05) is 24.3 Å². The van der Waals surface area contributed by atoms with Gasteiger partial charge in [0.05, 0.1) is 11.4 Å². The van der Waals surface area contributed by atoms with Gasteiger partial charge in [0.15, 0.2) is 0 Å². The summed E-state index contributed by atoms with van der Waals surface area (Å²) in [7, 11) is 0. The minimum Gasteiger partial charge on any atom is -0.274 e. The molecule has 0 saturated carbocycles. The number of likely N-dealkylation sites (tertiary alicyclic amines) is 1. The largest absolute Gasteiger partial charge is 0.274 e. The number of rotatable bonds is 6. The van der Waals surface area contributed by atoms with Crippen molar-refractivity contribution in [2.45, 2.75) is 45.4 Å². The van der Waals surface area contributed by atoms with Gasteiger partial charge in [0, 0.05) is 31.7 Å². The molecule has 1 aliphatic heterocycles. The van der Waals surface area contributed by atoms with Gasteiger partial charge >= 0.3 is 0 Å². The molecule has 0 aliphatic carbocycles. The van der Waals surface area contributed by atoms with Crippen LogP contribution in [-0.2, 0) is 27.2 Å². The molecule has 0 atom stereocenters. The molecule has 3 amide bonds. The first-order valence-electron chi connectivity index (χ1n) is 8.87. The maximum absolute atomic E-state index is 12.1. The Morgan fingerprint density at radius 3 is 2.19 bits per heavy atom. The van der Waals surface area contributed by atoms with Crippen molar-refractivity contribution >= 4 is 17.7 Å². The van der Waals surface area contributed by atoms with Gasteiger partial charge in [-0.3, -0.25) is 24.4 Å². The molecule has 6 heteroatoms. The number of amides is 3. The molecule has 0 spiro atoms. The molecule has 3 rings (SSSR count). The normalized spacial score (nSPS) is 14.1. The van der Waals surface area contributed by atoms with E-state index in [2.05, 4.69) is 16.9 Å². The van der Waals surface area contributed by atoms with Gasteiger partial charge in [-0.25, -0.2) is 4.90 Å². The molecular weight excluding hydrogens is 330 g/mol. The van der Waals surface area contributed by atoms with Crippen molar-refractivity contribution in [1.82, 2.24) is 14.9 Å². The van der Waals surface area contributed by atoms with Crippen LogP contribution in [0.25, 0.3) is 11.4 Å². The minimum atomic E-state index is -0.399. The van der Waals surface area contributed by atoms with E-state index in [-0.39, 0.29) is 31.1 Å². The third kappa shape index (κ3) is 4.02. The number of aromatic nitrogens is 2. The van der Waals surface area contributed by atoms with E-state index < -0.39 is 5.91 Å². The van der Waals surface area contributed by atoms with Crippen LogP contribution in [0.1, 0.15) is 43.7 Å². The van der Waals surface area contributed by atoms with E-state index >= 15 is 0 Å². The maximum Gasteiger partial charge on any atom is 0.236 e. The molecule has 0 aromatic carbocycles. The van der Waals surface area contributed by atoms with Crippen molar-refractivity contribution in [2.24, 2.45) is 0 Å². The van der Waals surface area contributed by atoms with Crippen molar-refractivity contribution in [3.8, 4) is 11.4 Å². The quantitative estimate of drug-likeness (QED) is 0.748. The summed E-state index contributed by atoms with van der Waals surface area (Å²) < 4.78 is 0. The molecule has 0 unspecified atom stereocenters. The van der Waals surface area contributed by atoms with Crippen LogP contribution in [0.2, 0.25) is 0 Å². The fraction of sp³-hybridized carbons (Fsp3) is 0.350. The van der Waals surface area contributed by atoms with Crippen LogP contribution >= 0.6 is 0 Å². The lowest BCUT2D eigenvalue weighted by Gasteiger charge is -2.11. The fourth-order valence-electron chi connectivity index (χ4n) is 3.01. The van der Waals surface area contributed by atoms with Gasteiger partial charge in [0.2, 0.25) is 17.7 Å². The Balaban J connectivity index is 1.61. The van der Waals surface area contributed by atoms with Crippen molar-refractivity contribution in [3.63, 3.8) is 0 Å². The van der Waals surface area contributed by atoms with Crippen molar-refractivity contribution < 1.29 is 14.4 Å². The second kappa shape index (κ2) is 7.99. The highest BCUT2D eigenvalue weighted by molar-refractivity contribution is 6.14. The molecule has 3 heterocycles. The van der Waals surface area contributed by atoms with Gasteiger partial charge in [-0.1, -0.05) is 6.92 Å². The van der Waals surface area contributed by atoms with Gasteiger partial charge in [-0.15, -0.1) is 0 Å². The molecule has 1 aliphatic rings. The summed E-state index contributed by atoms with van der Waals surface area (Å²) in [4.78, 5) is 44.8. The van der Waals surface area contributed by atoms with E-state index in [0.29, 0.717) is 12.8 Å². The fourth-order valence-corrected chi connectivity index (χ4v) is 3.01. The van der Waals surface area contributed by atoms with E-state index in [1.54, 1.807) is 12.4 Å². The zero-order valence-corrected chi connectivity index (χ0v) is 14.8. The zero-order valence-electron chi connectivity index (χ0n) is 14.8. The summed E-state index contributed by atoms with van der Waals surface area (Å²) in [5, 5.41) is 0. The first-order valence-corrected chi connectivity index (χ1v) is 8.87. The Morgan fingerprint density at radius 2 is 1.58 bits per heavy atom. The number of imide groups is 3. The van der Waals surface area contributed by atoms with Crippen LogP contribution < -0.4 is 0 Å². The summed E-state index contributed by atoms with van der Waals surface area (Å²) >= 11 is 0. The molecule has 26 heavy (non-hydrogen) atoms. The van der Waals surface area contributed by atoms with Gasteiger partial charge in [0.25, 0.3) is 0 Å². The number of aryl methyl sites for hydroxylation is 2. The van der Waals surface area contributed by atoms with Crippen molar-refractivity contribution in [2.75, 3.05) is 0 Å². The summed E-state index contributed by atoms with van der Waals surface area (Å²) in [6.07, 6.45) is 6.16. The molecular formula is C20H21N3O3. The number of pyridine rings is 2. The highest BCUT2D eigenvalue weighted by Gasteiger charge is 2.33. The van der Waals surface area contributed by atoms with Crippen molar-refractivity contribution in [3.05, 3.63) is 47.8 Å². The van der Waals surface area contributed by atoms with E-state index in [1.165, 1.54) is 5.56 Å².